The molecule has 3 rings (SSSR count). The number of halogens is 1. The maximum atomic E-state index is 13.4. The number of amides is 1. The van der Waals surface area contributed by atoms with Gasteiger partial charge in [0.15, 0.2) is 0 Å². The summed E-state index contributed by atoms with van der Waals surface area (Å²) in [6, 6.07) is 13.3. The molecule has 1 amide bonds. The van der Waals surface area contributed by atoms with Crippen molar-refractivity contribution in [3.63, 3.8) is 0 Å². The molecule has 0 radical (unpaired) electrons. The fraction of sp³-hybridized carbons (Fsp3) is 0.318. The molecule has 1 atom stereocenters. The molecule has 1 aliphatic rings. The number of hydrogen-bond acceptors (Lipinski definition) is 3. The van der Waals surface area contributed by atoms with Gasteiger partial charge in [0.25, 0.3) is 15.9 Å². The first kappa shape index (κ1) is 21.4. The number of benzene rings is 2. The van der Waals surface area contributed by atoms with Gasteiger partial charge in [-0.05, 0) is 56.5 Å². The van der Waals surface area contributed by atoms with E-state index in [-0.39, 0.29) is 28.4 Å². The molecule has 1 heterocycles. The van der Waals surface area contributed by atoms with Crippen LogP contribution >= 0.6 is 11.6 Å². The second kappa shape index (κ2) is 9.01. The Kier molecular flexibility index (Phi) is 6.65. The smallest absolute Gasteiger partial charge is 0.266 e. The third-order valence-electron chi connectivity index (χ3n) is 5.15. The van der Waals surface area contributed by atoms with Crippen molar-refractivity contribution in [1.82, 2.24) is 4.90 Å². The Hall–Kier alpha value is -2.31. The summed E-state index contributed by atoms with van der Waals surface area (Å²) in [5, 5.41) is 0.0817. The van der Waals surface area contributed by atoms with Crippen LogP contribution in [0.5, 0.6) is 0 Å². The molecule has 0 saturated carbocycles. The molecule has 154 valence electrons. The topological polar surface area (TPSA) is 57.7 Å². The summed E-state index contributed by atoms with van der Waals surface area (Å²) in [7, 11) is -3.99. The molecule has 0 bridgehead atoms. The number of carbonyl (C=O) groups excluding carboxylic acids is 1. The molecule has 1 unspecified atom stereocenters. The Morgan fingerprint density at radius 2 is 1.97 bits per heavy atom. The molecule has 1 saturated heterocycles. The van der Waals surface area contributed by atoms with Gasteiger partial charge in [-0.1, -0.05) is 35.9 Å². The van der Waals surface area contributed by atoms with Crippen LogP contribution in [0.25, 0.3) is 0 Å². The highest BCUT2D eigenvalue weighted by Crippen LogP contribution is 2.30. The lowest BCUT2D eigenvalue weighted by molar-refractivity contribution is 0.0635. The molecule has 2 aromatic carbocycles. The van der Waals surface area contributed by atoms with E-state index >= 15 is 0 Å². The molecular weight excluding hydrogens is 408 g/mol. The normalized spacial score (nSPS) is 17.0. The summed E-state index contributed by atoms with van der Waals surface area (Å²) in [5.74, 6) is -0.166. The van der Waals surface area contributed by atoms with E-state index in [0.29, 0.717) is 17.8 Å². The summed E-state index contributed by atoms with van der Waals surface area (Å²) >= 11 is 6.28. The van der Waals surface area contributed by atoms with E-state index in [4.69, 9.17) is 11.6 Å². The second-order valence-corrected chi connectivity index (χ2v) is 9.39. The predicted molar refractivity (Wildman–Crippen MR) is 117 cm³/mol. The lowest BCUT2D eigenvalue weighted by atomic mass is 10.0. The molecule has 2 aromatic rings. The molecule has 1 aliphatic heterocycles. The minimum atomic E-state index is -3.99. The molecular formula is C22H25ClN2O3S. The van der Waals surface area contributed by atoms with Gasteiger partial charge in [0.05, 0.1) is 17.3 Å². The zero-order valence-corrected chi connectivity index (χ0v) is 18.0. The quantitative estimate of drug-likeness (QED) is 0.619. The summed E-state index contributed by atoms with van der Waals surface area (Å²) in [4.78, 5) is 14.7. The zero-order valence-electron chi connectivity index (χ0n) is 16.4. The zero-order chi connectivity index (χ0) is 21.0. The van der Waals surface area contributed by atoms with E-state index < -0.39 is 10.0 Å². The first-order valence-corrected chi connectivity index (χ1v) is 11.5. The van der Waals surface area contributed by atoms with E-state index in [0.717, 1.165) is 19.3 Å². The third-order valence-corrected chi connectivity index (χ3v) is 7.42. The van der Waals surface area contributed by atoms with Gasteiger partial charge in [-0.3, -0.25) is 9.10 Å². The molecule has 7 heteroatoms. The number of sulfonamides is 1. The van der Waals surface area contributed by atoms with E-state index in [1.54, 1.807) is 30.3 Å². The van der Waals surface area contributed by atoms with Crippen LogP contribution in [0, 0.1) is 0 Å². The van der Waals surface area contributed by atoms with Crippen LogP contribution in [0.4, 0.5) is 5.69 Å². The Bertz CT molecular complexity index is 992. The van der Waals surface area contributed by atoms with Crippen molar-refractivity contribution < 1.29 is 13.2 Å². The first-order chi connectivity index (χ1) is 13.9. The largest absolute Gasteiger partial charge is 0.336 e. The Morgan fingerprint density at radius 3 is 2.62 bits per heavy atom. The number of hydrogen-bond donors (Lipinski definition) is 0. The molecule has 0 aromatic heterocycles. The van der Waals surface area contributed by atoms with Crippen molar-refractivity contribution in [2.75, 3.05) is 17.4 Å². The lowest BCUT2D eigenvalue weighted by Crippen LogP contribution is -2.42. The van der Waals surface area contributed by atoms with Crippen LogP contribution in [0.15, 0.2) is 66.1 Å². The Balaban J connectivity index is 2.01. The average Bonchev–Trinajstić information content (AvgIpc) is 2.72. The highest BCUT2D eigenvalue weighted by molar-refractivity contribution is 7.93. The minimum Gasteiger partial charge on any atom is -0.336 e. The number of rotatable bonds is 6. The molecule has 29 heavy (non-hydrogen) atoms. The molecule has 5 nitrogen and oxygen atoms in total. The Labute approximate surface area is 177 Å². The average molecular weight is 433 g/mol. The van der Waals surface area contributed by atoms with Gasteiger partial charge in [0, 0.05) is 18.2 Å². The SMILES string of the molecule is C=CCN(c1ccccc1)S(=O)(=O)c1cc(C(=O)N2CCCCC2C)ccc1Cl. The minimum absolute atomic E-state index is 0.0817. The van der Waals surface area contributed by atoms with Crippen LogP contribution in [-0.2, 0) is 10.0 Å². The number of piperidine rings is 1. The van der Waals surface area contributed by atoms with Gasteiger partial charge < -0.3 is 4.90 Å². The molecule has 0 N–H and O–H groups in total. The lowest BCUT2D eigenvalue weighted by Gasteiger charge is -2.33. The maximum absolute atomic E-state index is 13.4. The predicted octanol–water partition coefficient (Wildman–Crippen LogP) is 4.74. The van der Waals surface area contributed by atoms with Gasteiger partial charge in [0.2, 0.25) is 0 Å². The van der Waals surface area contributed by atoms with E-state index in [2.05, 4.69) is 6.58 Å². The standard InChI is InChI=1S/C22H25ClN2O3S/c1-3-14-25(19-10-5-4-6-11-19)29(27,28)21-16-18(12-13-20(21)23)22(26)24-15-8-7-9-17(24)2/h3-6,10-13,16-17H,1,7-9,14-15H2,2H3. The van der Waals surface area contributed by atoms with Crippen LogP contribution in [-0.4, -0.2) is 38.4 Å². The van der Waals surface area contributed by atoms with Gasteiger partial charge in [-0.25, -0.2) is 8.42 Å². The number of likely N-dealkylation sites (tertiary alicyclic amines) is 1. The third kappa shape index (κ3) is 4.49. The van der Waals surface area contributed by atoms with Crippen molar-refractivity contribution in [3.05, 3.63) is 71.8 Å². The van der Waals surface area contributed by atoms with Crippen LogP contribution in [0.2, 0.25) is 5.02 Å². The van der Waals surface area contributed by atoms with Crippen molar-refractivity contribution >= 4 is 33.2 Å². The summed E-state index contributed by atoms with van der Waals surface area (Å²) < 4.78 is 28.1. The highest BCUT2D eigenvalue weighted by atomic mass is 35.5. The van der Waals surface area contributed by atoms with Crippen LogP contribution < -0.4 is 4.31 Å². The van der Waals surface area contributed by atoms with Crippen LogP contribution in [0.3, 0.4) is 0 Å². The summed E-state index contributed by atoms with van der Waals surface area (Å²) in [6.45, 7) is 6.46. The fourth-order valence-electron chi connectivity index (χ4n) is 3.57. The van der Waals surface area contributed by atoms with Crippen LogP contribution in [0.1, 0.15) is 36.5 Å². The van der Waals surface area contributed by atoms with Crippen molar-refractivity contribution in [3.8, 4) is 0 Å². The summed E-state index contributed by atoms with van der Waals surface area (Å²) in [5.41, 5.74) is 0.832. The molecule has 0 spiro atoms. The van der Waals surface area contributed by atoms with E-state index in [1.807, 2.05) is 17.9 Å². The van der Waals surface area contributed by atoms with Gasteiger partial charge >= 0.3 is 0 Å². The van der Waals surface area contributed by atoms with Crippen molar-refractivity contribution in [2.45, 2.75) is 37.1 Å². The number of nitrogens with zero attached hydrogens (tertiary/aromatic N) is 2. The fourth-order valence-corrected chi connectivity index (χ4v) is 5.51. The number of carbonyl (C=O) groups is 1. The molecule has 0 aliphatic carbocycles. The number of anilines is 1. The second-order valence-electron chi connectivity index (χ2n) is 7.15. The summed E-state index contributed by atoms with van der Waals surface area (Å²) in [6.07, 6.45) is 4.52. The van der Waals surface area contributed by atoms with Gasteiger partial charge in [-0.15, -0.1) is 6.58 Å². The van der Waals surface area contributed by atoms with Gasteiger partial charge in [0.1, 0.15) is 4.90 Å². The highest BCUT2D eigenvalue weighted by Gasteiger charge is 2.29. The number of para-hydroxylation sites is 1. The van der Waals surface area contributed by atoms with Crippen molar-refractivity contribution in [2.24, 2.45) is 0 Å². The van der Waals surface area contributed by atoms with E-state index in [9.17, 15) is 13.2 Å². The van der Waals surface area contributed by atoms with E-state index in [1.165, 1.54) is 22.5 Å². The van der Waals surface area contributed by atoms with Gasteiger partial charge in [-0.2, -0.15) is 0 Å². The Morgan fingerprint density at radius 1 is 1.24 bits per heavy atom. The first-order valence-electron chi connectivity index (χ1n) is 9.65. The maximum Gasteiger partial charge on any atom is 0.266 e. The molecule has 1 fully saturated rings. The van der Waals surface area contributed by atoms with Crippen molar-refractivity contribution in [1.29, 1.82) is 0 Å². The monoisotopic (exact) mass is 432 g/mol.